The maximum Gasteiger partial charge on any atom is 0.410 e. The van der Waals surface area contributed by atoms with Gasteiger partial charge in [0.05, 0.1) is 12.6 Å². The largest absolute Gasteiger partial charge is 0.504 e. The lowest BCUT2D eigenvalue weighted by Crippen LogP contribution is -2.47. The number of hydrogen-bond acceptors (Lipinski definition) is 8. The van der Waals surface area contributed by atoms with Gasteiger partial charge in [0.15, 0.2) is 11.5 Å². The first kappa shape index (κ1) is 19.8. The second-order valence-corrected chi connectivity index (χ2v) is 7.88. The van der Waals surface area contributed by atoms with Gasteiger partial charge >= 0.3 is 6.09 Å². The van der Waals surface area contributed by atoms with E-state index in [1.165, 1.54) is 13.2 Å². The van der Waals surface area contributed by atoms with Gasteiger partial charge in [0.2, 0.25) is 5.95 Å². The summed E-state index contributed by atoms with van der Waals surface area (Å²) >= 11 is 0. The van der Waals surface area contributed by atoms with E-state index in [-0.39, 0.29) is 23.8 Å². The summed E-state index contributed by atoms with van der Waals surface area (Å²) in [6, 6.07) is 3.14. The van der Waals surface area contributed by atoms with Gasteiger partial charge in [-0.15, -0.1) is 0 Å². The van der Waals surface area contributed by atoms with Gasteiger partial charge in [-0.25, -0.2) is 9.78 Å². The molecule has 2 aromatic rings. The number of nitrogens with one attached hydrogen (secondary N) is 1. The van der Waals surface area contributed by atoms with Gasteiger partial charge in [-0.3, -0.25) is 0 Å². The van der Waals surface area contributed by atoms with Crippen LogP contribution in [0, 0.1) is 0 Å². The molecule has 1 saturated heterocycles. The van der Waals surface area contributed by atoms with Gasteiger partial charge in [-0.2, -0.15) is 4.98 Å². The Labute approximate surface area is 163 Å². The predicted octanol–water partition coefficient (Wildman–Crippen LogP) is 2.74. The van der Waals surface area contributed by atoms with Crippen molar-refractivity contribution in [2.75, 3.05) is 31.2 Å². The van der Waals surface area contributed by atoms with Crippen molar-refractivity contribution in [3.05, 3.63) is 12.1 Å². The number of phenolic OH excluding ortho intramolecular Hbond substituents is 1. The van der Waals surface area contributed by atoms with Crippen molar-refractivity contribution >= 4 is 28.8 Å². The number of benzene rings is 1. The van der Waals surface area contributed by atoms with Crippen molar-refractivity contribution in [3.63, 3.8) is 0 Å². The van der Waals surface area contributed by atoms with E-state index in [1.54, 1.807) is 11.0 Å². The van der Waals surface area contributed by atoms with E-state index in [2.05, 4.69) is 15.3 Å². The molecule has 152 valence electrons. The standard InChI is InChI=1S/C19H27N5O4/c1-19(2,3)28-18(26)24-7-5-6-11(10-24)21-16-12-8-15(27-4)14(25)9-13(12)22-17(20)23-16/h8-9,11,25H,5-7,10H2,1-4H3,(H3,20,21,22,23)/t11-/m1/s1. The number of amides is 1. The summed E-state index contributed by atoms with van der Waals surface area (Å²) in [4.78, 5) is 22.6. The minimum absolute atomic E-state index is 0.0152. The van der Waals surface area contributed by atoms with Gasteiger partial charge in [0.25, 0.3) is 0 Å². The summed E-state index contributed by atoms with van der Waals surface area (Å²) in [5.74, 6) is 0.937. The molecule has 2 heterocycles. The number of rotatable bonds is 3. The first-order valence-electron chi connectivity index (χ1n) is 9.25. The van der Waals surface area contributed by atoms with E-state index in [0.29, 0.717) is 35.6 Å². The van der Waals surface area contributed by atoms with Crippen LogP contribution in [0.25, 0.3) is 10.9 Å². The highest BCUT2D eigenvalue weighted by Gasteiger charge is 2.28. The number of nitrogens with zero attached hydrogens (tertiary/aromatic N) is 3. The van der Waals surface area contributed by atoms with Crippen LogP contribution < -0.4 is 15.8 Å². The highest BCUT2D eigenvalue weighted by atomic mass is 16.6. The number of methoxy groups -OCH3 is 1. The number of carbonyl (C=O) groups is 1. The number of piperidine rings is 1. The fraction of sp³-hybridized carbons (Fsp3) is 0.526. The number of aromatic nitrogens is 2. The second kappa shape index (κ2) is 7.57. The normalized spacial score (nSPS) is 17.4. The van der Waals surface area contributed by atoms with Gasteiger partial charge in [0.1, 0.15) is 11.4 Å². The molecule has 1 amide bonds. The van der Waals surface area contributed by atoms with Crippen molar-refractivity contribution < 1.29 is 19.4 Å². The topological polar surface area (TPSA) is 123 Å². The molecule has 0 aliphatic carbocycles. The number of likely N-dealkylation sites (tertiary alicyclic amines) is 1. The van der Waals surface area contributed by atoms with Crippen LogP contribution in [0.1, 0.15) is 33.6 Å². The van der Waals surface area contributed by atoms with Gasteiger partial charge in [-0.1, -0.05) is 0 Å². The number of fused-ring (bicyclic) bond motifs is 1. The molecule has 0 spiro atoms. The van der Waals surface area contributed by atoms with E-state index in [1.807, 2.05) is 20.8 Å². The number of nitrogens with two attached hydrogens (primary N) is 1. The molecule has 9 nitrogen and oxygen atoms in total. The van der Waals surface area contributed by atoms with E-state index < -0.39 is 5.60 Å². The molecular weight excluding hydrogens is 362 g/mol. The number of nitrogen functional groups attached to an aromatic ring is 1. The number of phenols is 1. The van der Waals surface area contributed by atoms with Crippen LogP contribution in [0.4, 0.5) is 16.6 Å². The van der Waals surface area contributed by atoms with Crippen LogP contribution in [-0.4, -0.2) is 57.9 Å². The van der Waals surface area contributed by atoms with Crippen LogP contribution in [0.15, 0.2) is 12.1 Å². The SMILES string of the molecule is COc1cc2c(N[C@@H]3CCCN(C(=O)OC(C)(C)C)C3)nc(N)nc2cc1O. The Hall–Kier alpha value is -2.97. The second-order valence-electron chi connectivity index (χ2n) is 7.88. The molecule has 1 aliphatic rings. The molecule has 0 saturated carbocycles. The molecule has 1 atom stereocenters. The van der Waals surface area contributed by atoms with Gasteiger partial charge < -0.3 is 30.5 Å². The summed E-state index contributed by atoms with van der Waals surface area (Å²) < 4.78 is 10.7. The predicted molar refractivity (Wildman–Crippen MR) is 107 cm³/mol. The lowest BCUT2D eigenvalue weighted by Gasteiger charge is -2.34. The number of ether oxygens (including phenoxy) is 2. The molecular formula is C19H27N5O4. The van der Waals surface area contributed by atoms with Crippen LogP contribution in [0.5, 0.6) is 11.5 Å². The van der Waals surface area contributed by atoms with Crippen molar-refractivity contribution in [1.29, 1.82) is 0 Å². The van der Waals surface area contributed by atoms with Crippen LogP contribution in [-0.2, 0) is 4.74 Å². The van der Waals surface area contributed by atoms with Crippen molar-refractivity contribution in [1.82, 2.24) is 14.9 Å². The van der Waals surface area contributed by atoms with Crippen molar-refractivity contribution in [3.8, 4) is 11.5 Å². The minimum Gasteiger partial charge on any atom is -0.504 e. The van der Waals surface area contributed by atoms with E-state index in [4.69, 9.17) is 15.2 Å². The molecule has 0 unspecified atom stereocenters. The monoisotopic (exact) mass is 389 g/mol. The quantitative estimate of drug-likeness (QED) is 0.732. The average Bonchev–Trinajstić information content (AvgIpc) is 2.60. The Morgan fingerprint density at radius 2 is 2.11 bits per heavy atom. The smallest absolute Gasteiger partial charge is 0.410 e. The van der Waals surface area contributed by atoms with E-state index in [9.17, 15) is 9.90 Å². The maximum absolute atomic E-state index is 12.4. The molecule has 1 aromatic carbocycles. The van der Waals surface area contributed by atoms with E-state index >= 15 is 0 Å². The van der Waals surface area contributed by atoms with Crippen LogP contribution in [0.2, 0.25) is 0 Å². The Morgan fingerprint density at radius 3 is 2.79 bits per heavy atom. The van der Waals surface area contributed by atoms with Crippen molar-refractivity contribution in [2.24, 2.45) is 0 Å². The van der Waals surface area contributed by atoms with Crippen LogP contribution >= 0.6 is 0 Å². The minimum atomic E-state index is -0.534. The average molecular weight is 389 g/mol. The third-order valence-electron chi connectivity index (χ3n) is 4.43. The lowest BCUT2D eigenvalue weighted by molar-refractivity contribution is 0.0206. The molecule has 28 heavy (non-hydrogen) atoms. The molecule has 0 bridgehead atoms. The Bertz CT molecular complexity index is 881. The summed E-state index contributed by atoms with van der Waals surface area (Å²) in [6.07, 6.45) is 1.40. The third-order valence-corrected chi connectivity index (χ3v) is 4.43. The van der Waals surface area contributed by atoms with Crippen molar-refractivity contribution in [2.45, 2.75) is 45.3 Å². The fourth-order valence-electron chi connectivity index (χ4n) is 3.22. The molecule has 1 aromatic heterocycles. The first-order chi connectivity index (χ1) is 13.2. The zero-order chi connectivity index (χ0) is 20.5. The lowest BCUT2D eigenvalue weighted by atomic mass is 10.1. The van der Waals surface area contributed by atoms with Crippen LogP contribution in [0.3, 0.4) is 0 Å². The Balaban J connectivity index is 1.82. The zero-order valence-corrected chi connectivity index (χ0v) is 16.7. The fourth-order valence-corrected chi connectivity index (χ4v) is 3.22. The third kappa shape index (κ3) is 4.47. The molecule has 3 rings (SSSR count). The Morgan fingerprint density at radius 1 is 1.36 bits per heavy atom. The molecule has 4 N–H and O–H groups in total. The first-order valence-corrected chi connectivity index (χ1v) is 9.25. The molecule has 9 heteroatoms. The number of aromatic hydroxyl groups is 1. The number of hydrogen-bond donors (Lipinski definition) is 3. The summed E-state index contributed by atoms with van der Waals surface area (Å²) in [6.45, 7) is 6.70. The number of carbonyl (C=O) groups excluding carboxylic acids is 1. The Kier molecular flexibility index (Phi) is 5.35. The number of anilines is 2. The highest BCUT2D eigenvalue weighted by molar-refractivity contribution is 5.92. The molecule has 1 aliphatic heterocycles. The highest BCUT2D eigenvalue weighted by Crippen LogP contribution is 2.34. The summed E-state index contributed by atoms with van der Waals surface area (Å²) in [5, 5.41) is 14.0. The summed E-state index contributed by atoms with van der Waals surface area (Å²) in [5.41, 5.74) is 5.81. The molecule has 1 fully saturated rings. The molecule has 0 radical (unpaired) electrons. The van der Waals surface area contributed by atoms with E-state index in [0.717, 1.165) is 12.8 Å². The van der Waals surface area contributed by atoms with Gasteiger partial charge in [0, 0.05) is 30.6 Å². The maximum atomic E-state index is 12.4. The summed E-state index contributed by atoms with van der Waals surface area (Å²) in [7, 11) is 1.48. The zero-order valence-electron chi connectivity index (χ0n) is 16.7. The van der Waals surface area contributed by atoms with Gasteiger partial charge in [-0.05, 0) is 39.7 Å².